The van der Waals surface area contributed by atoms with Crippen LogP contribution < -0.4 is 10.9 Å². The first-order valence-corrected chi connectivity index (χ1v) is 11.6. The van der Waals surface area contributed by atoms with E-state index in [-0.39, 0.29) is 5.56 Å². The molecule has 1 aliphatic carbocycles. The fourth-order valence-corrected chi connectivity index (χ4v) is 5.61. The zero-order valence-electron chi connectivity index (χ0n) is 18.2. The van der Waals surface area contributed by atoms with Gasteiger partial charge in [-0.25, -0.2) is 4.98 Å². The van der Waals surface area contributed by atoms with Gasteiger partial charge in [-0.3, -0.25) is 14.0 Å². The number of rotatable bonds is 5. The summed E-state index contributed by atoms with van der Waals surface area (Å²) in [6.07, 6.45) is 6.55. The minimum absolute atomic E-state index is 0.0838. The second-order valence-electron chi connectivity index (χ2n) is 8.55. The van der Waals surface area contributed by atoms with Gasteiger partial charge in [0.15, 0.2) is 0 Å². The molecule has 3 heterocycles. The van der Waals surface area contributed by atoms with Gasteiger partial charge in [-0.2, -0.15) is 5.10 Å². The fraction of sp³-hybridized carbons (Fsp3) is 0.375. The van der Waals surface area contributed by atoms with E-state index in [0.29, 0.717) is 12.6 Å². The summed E-state index contributed by atoms with van der Waals surface area (Å²) in [7, 11) is 1.97. The largest absolute Gasteiger partial charge is 0.309 e. The maximum absolute atomic E-state index is 13.3. The van der Waals surface area contributed by atoms with Crippen LogP contribution in [0, 0.1) is 13.8 Å². The third-order valence-corrected chi connectivity index (χ3v) is 7.59. The van der Waals surface area contributed by atoms with Gasteiger partial charge in [-0.15, -0.1) is 11.3 Å². The molecule has 0 radical (unpaired) electrons. The molecule has 7 heteroatoms. The maximum Gasteiger partial charge on any atom is 0.262 e. The van der Waals surface area contributed by atoms with Gasteiger partial charge in [-0.05, 0) is 44.2 Å². The summed E-state index contributed by atoms with van der Waals surface area (Å²) in [5, 5.41) is 8.85. The van der Waals surface area contributed by atoms with E-state index in [1.165, 1.54) is 27.3 Å². The highest BCUT2D eigenvalue weighted by Gasteiger charge is 2.25. The highest BCUT2D eigenvalue weighted by atomic mass is 32.1. The Kier molecular flexibility index (Phi) is 5.24. The van der Waals surface area contributed by atoms with Crippen LogP contribution in [0.3, 0.4) is 0 Å². The van der Waals surface area contributed by atoms with Gasteiger partial charge in [0, 0.05) is 35.8 Å². The molecule has 1 unspecified atom stereocenters. The van der Waals surface area contributed by atoms with Crippen molar-refractivity contribution in [1.29, 1.82) is 0 Å². The van der Waals surface area contributed by atoms with Crippen molar-refractivity contribution < 1.29 is 0 Å². The van der Waals surface area contributed by atoms with Crippen molar-refractivity contribution >= 4 is 21.6 Å². The number of thiophene rings is 1. The lowest BCUT2D eigenvalue weighted by Gasteiger charge is -2.23. The third kappa shape index (κ3) is 3.83. The molecule has 1 aliphatic rings. The smallest absolute Gasteiger partial charge is 0.262 e. The standard InChI is InChI=1S/C24H27N5OS/c1-15-4-6-17(7-5-15)13-29-14-26-23-22(24(29)30)20-9-8-19(10-21(20)31-23)25-11-18-12-27-28(3)16(18)2/h4-7,12,14,19,25H,8-11,13H2,1-3H3. The molecule has 0 saturated heterocycles. The molecule has 0 saturated carbocycles. The van der Waals surface area contributed by atoms with Crippen molar-refractivity contribution in [3.05, 3.63) is 80.0 Å². The maximum atomic E-state index is 13.3. The Morgan fingerprint density at radius 2 is 2.03 bits per heavy atom. The number of fused-ring (bicyclic) bond motifs is 3. The Balaban J connectivity index is 1.36. The first-order chi connectivity index (χ1) is 15.0. The van der Waals surface area contributed by atoms with Crippen LogP contribution in [0.25, 0.3) is 10.2 Å². The quantitative estimate of drug-likeness (QED) is 0.523. The van der Waals surface area contributed by atoms with E-state index in [4.69, 9.17) is 0 Å². The molecule has 5 rings (SSSR count). The van der Waals surface area contributed by atoms with E-state index in [1.807, 2.05) is 17.9 Å². The molecule has 0 amide bonds. The second-order valence-corrected chi connectivity index (χ2v) is 9.63. The summed E-state index contributed by atoms with van der Waals surface area (Å²) in [5.74, 6) is 0. The van der Waals surface area contributed by atoms with E-state index >= 15 is 0 Å². The van der Waals surface area contributed by atoms with Crippen LogP contribution in [-0.4, -0.2) is 25.4 Å². The SMILES string of the molecule is Cc1ccc(Cn2cnc3sc4c(c3c2=O)CCC(NCc2cnn(C)c2C)C4)cc1. The molecule has 160 valence electrons. The van der Waals surface area contributed by atoms with Crippen molar-refractivity contribution in [2.45, 2.75) is 52.2 Å². The number of nitrogens with one attached hydrogen (secondary N) is 1. The average molecular weight is 434 g/mol. The highest BCUT2D eigenvalue weighted by molar-refractivity contribution is 7.18. The van der Waals surface area contributed by atoms with Crippen LogP contribution >= 0.6 is 11.3 Å². The van der Waals surface area contributed by atoms with Crippen molar-refractivity contribution in [3.8, 4) is 0 Å². The molecule has 4 aromatic rings. The fourth-order valence-electron chi connectivity index (χ4n) is 4.35. The van der Waals surface area contributed by atoms with E-state index in [2.05, 4.69) is 53.5 Å². The third-order valence-electron chi connectivity index (χ3n) is 6.43. The lowest BCUT2D eigenvalue weighted by Crippen LogP contribution is -2.34. The normalized spacial score (nSPS) is 16.0. The first-order valence-electron chi connectivity index (χ1n) is 10.8. The summed E-state index contributed by atoms with van der Waals surface area (Å²) in [4.78, 5) is 20.1. The topological polar surface area (TPSA) is 64.7 Å². The molecular formula is C24H27N5OS. The van der Waals surface area contributed by atoms with E-state index in [1.54, 1.807) is 22.2 Å². The van der Waals surface area contributed by atoms with Crippen molar-refractivity contribution in [3.63, 3.8) is 0 Å². The minimum atomic E-state index is 0.0838. The van der Waals surface area contributed by atoms with Crippen LogP contribution in [0.4, 0.5) is 0 Å². The lowest BCUT2D eigenvalue weighted by atomic mass is 9.93. The Hall–Kier alpha value is -2.77. The molecule has 1 N–H and O–H groups in total. The predicted octanol–water partition coefficient (Wildman–Crippen LogP) is 3.50. The molecule has 0 spiro atoms. The zero-order chi connectivity index (χ0) is 21.5. The number of benzene rings is 1. The van der Waals surface area contributed by atoms with Gasteiger partial charge >= 0.3 is 0 Å². The lowest BCUT2D eigenvalue weighted by molar-refractivity contribution is 0.462. The Labute approximate surface area is 185 Å². The van der Waals surface area contributed by atoms with Gasteiger partial charge in [-0.1, -0.05) is 29.8 Å². The van der Waals surface area contributed by atoms with Gasteiger partial charge in [0.05, 0.1) is 24.5 Å². The van der Waals surface area contributed by atoms with Crippen LogP contribution in [0.5, 0.6) is 0 Å². The van der Waals surface area contributed by atoms with Crippen LogP contribution in [0.1, 0.15) is 39.2 Å². The summed E-state index contributed by atoms with van der Waals surface area (Å²) in [5.41, 5.74) is 6.08. The van der Waals surface area contributed by atoms with E-state index in [9.17, 15) is 4.79 Å². The van der Waals surface area contributed by atoms with Crippen LogP contribution in [-0.2, 0) is 33.0 Å². The number of aromatic nitrogens is 4. The van der Waals surface area contributed by atoms with Gasteiger partial charge in [0.25, 0.3) is 5.56 Å². The Morgan fingerprint density at radius 1 is 1.23 bits per heavy atom. The monoisotopic (exact) mass is 433 g/mol. The van der Waals surface area contributed by atoms with E-state index in [0.717, 1.165) is 41.6 Å². The number of hydrogen-bond donors (Lipinski definition) is 1. The zero-order valence-corrected chi connectivity index (χ0v) is 19.0. The van der Waals surface area contributed by atoms with Crippen molar-refractivity contribution in [2.75, 3.05) is 0 Å². The summed E-state index contributed by atoms with van der Waals surface area (Å²) < 4.78 is 3.66. The summed E-state index contributed by atoms with van der Waals surface area (Å²) >= 11 is 1.68. The predicted molar refractivity (Wildman–Crippen MR) is 125 cm³/mol. The van der Waals surface area contributed by atoms with Gasteiger partial charge in [0.1, 0.15) is 4.83 Å². The Bertz CT molecular complexity index is 1300. The minimum Gasteiger partial charge on any atom is -0.309 e. The molecular weight excluding hydrogens is 406 g/mol. The molecule has 0 bridgehead atoms. The van der Waals surface area contributed by atoms with Crippen LogP contribution in [0.2, 0.25) is 0 Å². The molecule has 0 aliphatic heterocycles. The Morgan fingerprint density at radius 3 is 2.77 bits per heavy atom. The number of hydrogen-bond acceptors (Lipinski definition) is 5. The highest BCUT2D eigenvalue weighted by Crippen LogP contribution is 2.33. The van der Waals surface area contributed by atoms with Crippen molar-refractivity contribution in [2.24, 2.45) is 7.05 Å². The molecule has 31 heavy (non-hydrogen) atoms. The van der Waals surface area contributed by atoms with Gasteiger partial charge in [0.2, 0.25) is 0 Å². The molecule has 1 aromatic carbocycles. The van der Waals surface area contributed by atoms with Crippen molar-refractivity contribution in [1.82, 2.24) is 24.6 Å². The van der Waals surface area contributed by atoms with Gasteiger partial charge < -0.3 is 5.32 Å². The number of nitrogens with zero attached hydrogens (tertiary/aromatic N) is 4. The number of aryl methyl sites for hydroxylation is 3. The summed E-state index contributed by atoms with van der Waals surface area (Å²) in [6, 6.07) is 8.73. The molecule has 0 fully saturated rings. The average Bonchev–Trinajstić information content (AvgIpc) is 3.30. The first kappa shape index (κ1) is 20.2. The second kappa shape index (κ2) is 8.05. The summed E-state index contributed by atoms with van der Waals surface area (Å²) in [6.45, 7) is 5.55. The molecule has 3 aromatic heterocycles. The van der Waals surface area contributed by atoms with E-state index < -0.39 is 0 Å². The molecule has 6 nitrogen and oxygen atoms in total. The van der Waals surface area contributed by atoms with Crippen LogP contribution in [0.15, 0.2) is 41.6 Å². The molecule has 1 atom stereocenters.